The second-order valence-electron chi connectivity index (χ2n) is 10.4. The number of methoxy groups -OCH3 is 2. The summed E-state index contributed by atoms with van der Waals surface area (Å²) in [5, 5.41) is 0. The van der Waals surface area contributed by atoms with Crippen molar-refractivity contribution in [2.75, 3.05) is 26.6 Å². The van der Waals surface area contributed by atoms with Gasteiger partial charge in [-0.15, -0.1) is 0 Å². The molecule has 0 aromatic carbocycles. The Hall–Kier alpha value is -1.80. The average molecular weight is 576 g/mol. The van der Waals surface area contributed by atoms with Gasteiger partial charge >= 0.3 is 7.82 Å². The minimum absolute atomic E-state index is 0.109. The van der Waals surface area contributed by atoms with Gasteiger partial charge in [-0.05, 0) is 51.4 Å². The van der Waals surface area contributed by atoms with Gasteiger partial charge < -0.3 is 19.9 Å². The van der Waals surface area contributed by atoms with Gasteiger partial charge in [0, 0.05) is 14.2 Å². The summed E-state index contributed by atoms with van der Waals surface area (Å²) in [4.78, 5) is 12.1. The second-order valence-corrected chi connectivity index (χ2v) is 11.9. The zero-order chi connectivity index (χ0) is 27.6. The van der Waals surface area contributed by atoms with Crippen molar-refractivity contribution in [2.24, 2.45) is 0 Å². The van der Waals surface area contributed by atoms with Crippen LogP contribution in [0.4, 0.5) is 14.6 Å². The number of hydrogen-bond acceptors (Lipinski definition) is 11. The SMILES string of the molecule is COC1CCC(OP(=O)(OCC2OC(n3cnc4c(N)ncnc43)CC2(F)F)OC2CCC(OC)CC2)CC1. The molecular weight excluding hydrogens is 539 g/mol. The molecule has 2 atom stereocenters. The molecule has 2 unspecified atom stereocenters. The lowest BCUT2D eigenvalue weighted by atomic mass is 9.95. The molecule has 0 radical (unpaired) electrons. The summed E-state index contributed by atoms with van der Waals surface area (Å²) in [6.45, 7) is -0.675. The monoisotopic (exact) mass is 575 g/mol. The van der Waals surface area contributed by atoms with Gasteiger partial charge in [-0.1, -0.05) is 0 Å². The highest BCUT2D eigenvalue weighted by Gasteiger charge is 2.52. The Balaban J connectivity index is 1.27. The lowest BCUT2D eigenvalue weighted by Crippen LogP contribution is -2.33. The number of nitrogen functional groups attached to an aromatic ring is 1. The average Bonchev–Trinajstić information content (AvgIpc) is 3.49. The third-order valence-corrected chi connectivity index (χ3v) is 9.36. The van der Waals surface area contributed by atoms with Crippen molar-refractivity contribution in [3.05, 3.63) is 12.7 Å². The van der Waals surface area contributed by atoms with Crippen molar-refractivity contribution >= 4 is 24.8 Å². The maximum absolute atomic E-state index is 15.1. The molecule has 3 fully saturated rings. The highest BCUT2D eigenvalue weighted by atomic mass is 31.2. The van der Waals surface area contributed by atoms with Gasteiger partial charge in [0.1, 0.15) is 24.2 Å². The van der Waals surface area contributed by atoms with E-state index in [0.29, 0.717) is 31.2 Å². The molecule has 2 saturated carbocycles. The first kappa shape index (κ1) is 28.7. The number of anilines is 1. The fourth-order valence-corrected chi connectivity index (χ4v) is 7.11. The highest BCUT2D eigenvalue weighted by molar-refractivity contribution is 7.48. The number of aromatic nitrogens is 4. The van der Waals surface area contributed by atoms with E-state index in [1.165, 1.54) is 17.2 Å². The van der Waals surface area contributed by atoms with Crippen LogP contribution in [-0.2, 0) is 32.3 Å². The van der Waals surface area contributed by atoms with E-state index in [4.69, 9.17) is 33.5 Å². The maximum Gasteiger partial charge on any atom is 0.475 e. The molecule has 3 heterocycles. The summed E-state index contributed by atoms with van der Waals surface area (Å²) < 4.78 is 79.3. The first-order valence-electron chi connectivity index (χ1n) is 13.3. The molecule has 2 aliphatic carbocycles. The Labute approximate surface area is 225 Å². The van der Waals surface area contributed by atoms with Gasteiger partial charge in [0.25, 0.3) is 5.92 Å². The fraction of sp³-hybridized carbons (Fsp3) is 0.792. The van der Waals surface area contributed by atoms with Crippen molar-refractivity contribution in [1.29, 1.82) is 0 Å². The van der Waals surface area contributed by atoms with E-state index in [1.807, 2.05) is 0 Å². The van der Waals surface area contributed by atoms with Gasteiger partial charge in [0.05, 0.1) is 43.8 Å². The van der Waals surface area contributed by atoms with Crippen LogP contribution >= 0.6 is 7.82 Å². The van der Waals surface area contributed by atoms with E-state index < -0.39 is 51.3 Å². The van der Waals surface area contributed by atoms with Crippen LogP contribution in [0.15, 0.2) is 12.7 Å². The number of ether oxygens (including phenoxy) is 3. The highest BCUT2D eigenvalue weighted by Crippen LogP contribution is 2.55. The van der Waals surface area contributed by atoms with Crippen LogP contribution in [0.1, 0.15) is 64.0 Å². The quantitative estimate of drug-likeness (QED) is 0.403. The number of imidazole rings is 1. The van der Waals surface area contributed by atoms with E-state index in [1.54, 1.807) is 14.2 Å². The van der Waals surface area contributed by atoms with Gasteiger partial charge in [-0.3, -0.25) is 18.1 Å². The van der Waals surface area contributed by atoms with Crippen molar-refractivity contribution in [1.82, 2.24) is 19.5 Å². The Morgan fingerprint density at radius 2 is 1.54 bits per heavy atom. The number of rotatable bonds is 10. The van der Waals surface area contributed by atoms with E-state index in [0.717, 1.165) is 25.7 Å². The summed E-state index contributed by atoms with van der Waals surface area (Å²) in [6.07, 6.45) is 3.93. The number of hydrogen-bond donors (Lipinski definition) is 1. The van der Waals surface area contributed by atoms with Crippen LogP contribution in [-0.4, -0.2) is 76.8 Å². The Kier molecular flexibility index (Phi) is 8.82. The predicted octanol–water partition coefficient (Wildman–Crippen LogP) is 4.40. The van der Waals surface area contributed by atoms with Gasteiger partial charge in [-0.2, -0.15) is 0 Å². The van der Waals surface area contributed by atoms with E-state index in [2.05, 4.69) is 15.0 Å². The van der Waals surface area contributed by atoms with Crippen molar-refractivity contribution in [3.8, 4) is 0 Å². The molecule has 0 amide bonds. The number of halogens is 2. The fourth-order valence-electron chi connectivity index (χ4n) is 5.46. The molecule has 1 aliphatic heterocycles. The molecule has 218 valence electrons. The smallest absolute Gasteiger partial charge is 0.382 e. The molecular formula is C24H36F2N5O7P. The molecule has 2 aromatic rings. The molecule has 12 nitrogen and oxygen atoms in total. The summed E-state index contributed by atoms with van der Waals surface area (Å²) in [5.74, 6) is -3.14. The van der Waals surface area contributed by atoms with Crippen LogP contribution in [0.25, 0.3) is 11.2 Å². The summed E-state index contributed by atoms with van der Waals surface area (Å²) in [5.41, 5.74) is 6.39. The standard InChI is InChI=1S/C24H36F2N5O7P/c1-33-15-3-7-17(8-4-15)37-39(32,38-18-9-5-16(34-2)6-10-18)35-12-19-24(25,26)11-20(36-19)31-14-30-21-22(27)28-13-29-23(21)31/h13-20H,3-12H2,1-2H3,(H2,27,28,29). The summed E-state index contributed by atoms with van der Waals surface area (Å²) in [7, 11) is -0.887. The van der Waals surface area contributed by atoms with Crippen molar-refractivity contribution in [3.63, 3.8) is 0 Å². The Bertz CT molecular complexity index is 1130. The number of fused-ring (bicyclic) bond motifs is 1. The van der Waals surface area contributed by atoms with Crippen molar-refractivity contribution in [2.45, 2.75) is 100 Å². The summed E-state index contributed by atoms with van der Waals surface area (Å²) in [6, 6.07) is 0. The van der Waals surface area contributed by atoms with E-state index in [-0.39, 0.29) is 23.7 Å². The second kappa shape index (κ2) is 12.0. The lowest BCUT2D eigenvalue weighted by molar-refractivity contribution is -0.104. The lowest BCUT2D eigenvalue weighted by Gasteiger charge is -2.33. The first-order valence-corrected chi connectivity index (χ1v) is 14.8. The maximum atomic E-state index is 15.1. The Morgan fingerprint density at radius 3 is 2.10 bits per heavy atom. The van der Waals surface area contributed by atoms with E-state index in [9.17, 15) is 4.57 Å². The molecule has 5 rings (SSSR count). The van der Waals surface area contributed by atoms with Gasteiger partial charge in [-0.25, -0.2) is 28.3 Å². The summed E-state index contributed by atoms with van der Waals surface area (Å²) >= 11 is 0. The molecule has 2 N–H and O–H groups in total. The predicted molar refractivity (Wildman–Crippen MR) is 135 cm³/mol. The van der Waals surface area contributed by atoms with Crippen LogP contribution in [0.3, 0.4) is 0 Å². The molecule has 0 spiro atoms. The number of phosphoric acid groups is 1. The van der Waals surface area contributed by atoms with Gasteiger partial charge in [0.15, 0.2) is 11.5 Å². The van der Waals surface area contributed by atoms with Crippen molar-refractivity contribution < 1.29 is 41.1 Å². The molecule has 39 heavy (non-hydrogen) atoms. The first-order chi connectivity index (χ1) is 18.7. The topological polar surface area (TPSA) is 142 Å². The van der Waals surface area contributed by atoms with E-state index >= 15 is 8.78 Å². The van der Waals surface area contributed by atoms with Crippen LogP contribution in [0, 0.1) is 0 Å². The molecule has 0 bridgehead atoms. The number of alkyl halides is 2. The number of nitrogens with zero attached hydrogens (tertiary/aromatic N) is 4. The molecule has 3 aliphatic rings. The normalized spacial score (nSPS) is 32.8. The zero-order valence-corrected chi connectivity index (χ0v) is 23.0. The Morgan fingerprint density at radius 1 is 0.974 bits per heavy atom. The number of nitrogens with two attached hydrogens (primary N) is 1. The van der Waals surface area contributed by atoms with Gasteiger partial charge in [0.2, 0.25) is 0 Å². The molecule has 1 saturated heterocycles. The number of phosphoric ester groups is 1. The molecule has 2 aromatic heterocycles. The van der Waals surface area contributed by atoms with Crippen LogP contribution in [0.5, 0.6) is 0 Å². The van der Waals surface area contributed by atoms with Crippen LogP contribution < -0.4 is 5.73 Å². The minimum atomic E-state index is -4.20. The third-order valence-electron chi connectivity index (χ3n) is 7.79. The third kappa shape index (κ3) is 6.58. The zero-order valence-electron chi connectivity index (χ0n) is 22.1. The van der Waals surface area contributed by atoms with Crippen LogP contribution in [0.2, 0.25) is 0 Å². The largest absolute Gasteiger partial charge is 0.475 e. The molecule has 15 heteroatoms. The minimum Gasteiger partial charge on any atom is -0.382 e.